The number of carbonyl (C=O) groups excluding carboxylic acids is 1. The highest BCUT2D eigenvalue weighted by atomic mass is 35.5. The van der Waals surface area contributed by atoms with Crippen molar-refractivity contribution in [3.05, 3.63) is 23.0 Å². The number of piperidine rings is 1. The molecule has 0 aliphatic carbocycles. The smallest absolute Gasteiger partial charge is 0.270 e. The topological polar surface area (TPSA) is 51.3 Å². The fraction of sp³-hybridized carbons (Fsp3) is 0.583. The molecule has 1 aromatic rings. The second-order valence-electron chi connectivity index (χ2n) is 4.84. The Labute approximate surface area is 106 Å². The number of likely N-dealkylation sites (tertiary alicyclic amines) is 1. The van der Waals surface area contributed by atoms with Crippen LogP contribution in [0.4, 0.5) is 0 Å². The van der Waals surface area contributed by atoms with Crippen molar-refractivity contribution in [2.45, 2.75) is 19.4 Å². The van der Waals surface area contributed by atoms with Crippen LogP contribution in [-0.4, -0.2) is 34.5 Å². The molecule has 0 spiro atoms. The maximum Gasteiger partial charge on any atom is 0.270 e. The molecule has 1 fully saturated rings. The maximum atomic E-state index is 12.3. The molecule has 1 aliphatic heterocycles. The Morgan fingerprint density at radius 2 is 2.29 bits per heavy atom. The number of aromatic nitrogens is 1. The van der Waals surface area contributed by atoms with Gasteiger partial charge in [-0.1, -0.05) is 18.5 Å². The van der Waals surface area contributed by atoms with Crippen LogP contribution in [0.1, 0.15) is 23.8 Å². The summed E-state index contributed by atoms with van der Waals surface area (Å²) in [5, 5.41) is 0.588. The Morgan fingerprint density at radius 3 is 2.82 bits per heavy atom. The van der Waals surface area contributed by atoms with E-state index >= 15 is 0 Å². The molecule has 17 heavy (non-hydrogen) atoms. The molecule has 5 heteroatoms. The predicted molar refractivity (Wildman–Crippen MR) is 68.1 cm³/mol. The molecule has 94 valence electrons. The zero-order chi connectivity index (χ0) is 12.6. The highest BCUT2D eigenvalue weighted by Crippen LogP contribution is 2.19. The van der Waals surface area contributed by atoms with Crippen LogP contribution >= 0.6 is 11.6 Å². The molecule has 2 rings (SSSR count). The van der Waals surface area contributed by atoms with E-state index in [9.17, 15) is 4.79 Å². The van der Waals surface area contributed by atoms with Crippen LogP contribution in [0.15, 0.2) is 12.3 Å². The standard InChI is InChI=1S/C12H18ClN3O/c1-8-3-4-16(7-10(8)14)12(17)11-5-9(13)6-15(11)2/h5-6,8,10H,3-4,7,14H2,1-2H3. The van der Waals surface area contributed by atoms with Crippen molar-refractivity contribution in [3.63, 3.8) is 0 Å². The van der Waals surface area contributed by atoms with Crippen molar-refractivity contribution in [3.8, 4) is 0 Å². The minimum Gasteiger partial charge on any atom is -0.345 e. The third kappa shape index (κ3) is 2.48. The number of hydrogen-bond acceptors (Lipinski definition) is 2. The number of carbonyl (C=O) groups is 1. The van der Waals surface area contributed by atoms with Crippen LogP contribution < -0.4 is 5.73 Å². The minimum atomic E-state index is 0.0155. The number of hydrogen-bond donors (Lipinski definition) is 1. The number of rotatable bonds is 1. The van der Waals surface area contributed by atoms with Crippen LogP contribution in [0.3, 0.4) is 0 Å². The molecule has 0 aromatic carbocycles. The molecule has 1 aromatic heterocycles. The van der Waals surface area contributed by atoms with Gasteiger partial charge in [0.25, 0.3) is 5.91 Å². The second kappa shape index (κ2) is 4.70. The van der Waals surface area contributed by atoms with Crippen molar-refractivity contribution in [1.29, 1.82) is 0 Å². The molecule has 2 N–H and O–H groups in total. The molecule has 2 heterocycles. The average Bonchev–Trinajstić information content (AvgIpc) is 2.61. The lowest BCUT2D eigenvalue weighted by Gasteiger charge is -2.35. The molecule has 1 aliphatic rings. The lowest BCUT2D eigenvalue weighted by atomic mass is 9.94. The molecule has 0 bridgehead atoms. The summed E-state index contributed by atoms with van der Waals surface area (Å²) >= 11 is 5.88. The number of aryl methyl sites for hydroxylation is 1. The van der Waals surface area contributed by atoms with Gasteiger partial charge in [-0.25, -0.2) is 0 Å². The summed E-state index contributed by atoms with van der Waals surface area (Å²) in [5.74, 6) is 0.498. The van der Waals surface area contributed by atoms with Gasteiger partial charge in [-0.15, -0.1) is 0 Å². The summed E-state index contributed by atoms with van der Waals surface area (Å²) in [4.78, 5) is 14.1. The first-order valence-electron chi connectivity index (χ1n) is 5.85. The average molecular weight is 256 g/mol. The van der Waals surface area contributed by atoms with Gasteiger partial charge in [-0.05, 0) is 18.4 Å². The van der Waals surface area contributed by atoms with E-state index in [0.29, 0.717) is 23.2 Å². The molecule has 4 nitrogen and oxygen atoms in total. The fourth-order valence-electron chi connectivity index (χ4n) is 2.18. The maximum absolute atomic E-state index is 12.3. The van der Waals surface area contributed by atoms with Crippen molar-refractivity contribution in [1.82, 2.24) is 9.47 Å². The van der Waals surface area contributed by atoms with Crippen LogP contribution in [-0.2, 0) is 7.05 Å². The zero-order valence-electron chi connectivity index (χ0n) is 10.2. The summed E-state index contributed by atoms with van der Waals surface area (Å²) in [7, 11) is 1.83. The Balaban J connectivity index is 2.13. The zero-order valence-corrected chi connectivity index (χ0v) is 10.9. The van der Waals surface area contributed by atoms with Gasteiger partial charge in [-0.2, -0.15) is 0 Å². The molecule has 0 radical (unpaired) electrons. The number of amides is 1. The Hall–Kier alpha value is -1.00. The van der Waals surface area contributed by atoms with E-state index < -0.39 is 0 Å². The lowest BCUT2D eigenvalue weighted by molar-refractivity contribution is 0.0663. The van der Waals surface area contributed by atoms with Gasteiger partial charge >= 0.3 is 0 Å². The Morgan fingerprint density at radius 1 is 1.59 bits per heavy atom. The van der Waals surface area contributed by atoms with E-state index in [-0.39, 0.29) is 11.9 Å². The van der Waals surface area contributed by atoms with E-state index in [4.69, 9.17) is 17.3 Å². The predicted octanol–water partition coefficient (Wildman–Crippen LogP) is 1.49. The molecule has 0 saturated carbocycles. The molecule has 2 atom stereocenters. The molecule has 1 amide bonds. The summed E-state index contributed by atoms with van der Waals surface area (Å²) < 4.78 is 1.76. The van der Waals surface area contributed by atoms with Crippen LogP contribution in [0.5, 0.6) is 0 Å². The van der Waals surface area contributed by atoms with E-state index in [2.05, 4.69) is 6.92 Å². The third-order valence-electron chi connectivity index (χ3n) is 3.49. The summed E-state index contributed by atoms with van der Waals surface area (Å²) in [6, 6.07) is 1.77. The fourth-order valence-corrected chi connectivity index (χ4v) is 2.43. The monoisotopic (exact) mass is 255 g/mol. The van der Waals surface area contributed by atoms with Gasteiger partial charge in [0.1, 0.15) is 5.69 Å². The van der Waals surface area contributed by atoms with E-state index in [0.717, 1.165) is 13.0 Å². The van der Waals surface area contributed by atoms with Crippen molar-refractivity contribution in [2.75, 3.05) is 13.1 Å². The van der Waals surface area contributed by atoms with E-state index in [1.54, 1.807) is 16.8 Å². The second-order valence-corrected chi connectivity index (χ2v) is 5.27. The van der Waals surface area contributed by atoms with Crippen molar-refractivity contribution in [2.24, 2.45) is 18.7 Å². The van der Waals surface area contributed by atoms with Gasteiger partial charge in [-0.3, -0.25) is 4.79 Å². The van der Waals surface area contributed by atoms with E-state index in [1.807, 2.05) is 11.9 Å². The Kier molecular flexibility index (Phi) is 3.45. The largest absolute Gasteiger partial charge is 0.345 e. The number of halogens is 1. The normalized spacial score (nSPS) is 25.1. The van der Waals surface area contributed by atoms with Crippen LogP contribution in [0.25, 0.3) is 0 Å². The highest BCUT2D eigenvalue weighted by molar-refractivity contribution is 6.31. The van der Waals surface area contributed by atoms with E-state index in [1.165, 1.54) is 0 Å². The van der Waals surface area contributed by atoms with Gasteiger partial charge in [0.15, 0.2) is 0 Å². The summed E-state index contributed by atoms with van der Waals surface area (Å²) in [6.45, 7) is 3.53. The highest BCUT2D eigenvalue weighted by Gasteiger charge is 2.28. The Bertz CT molecular complexity index is 429. The van der Waals surface area contributed by atoms with Crippen LogP contribution in [0, 0.1) is 5.92 Å². The summed E-state index contributed by atoms with van der Waals surface area (Å²) in [5.41, 5.74) is 6.62. The number of nitrogens with two attached hydrogens (primary N) is 1. The summed E-state index contributed by atoms with van der Waals surface area (Å²) in [6.07, 6.45) is 2.70. The molecule has 1 saturated heterocycles. The van der Waals surface area contributed by atoms with Crippen molar-refractivity contribution < 1.29 is 4.79 Å². The van der Waals surface area contributed by atoms with Gasteiger partial charge in [0, 0.05) is 32.4 Å². The SMILES string of the molecule is CC1CCN(C(=O)c2cc(Cl)cn2C)CC1N. The molecular formula is C12H18ClN3O. The minimum absolute atomic E-state index is 0.0155. The lowest BCUT2D eigenvalue weighted by Crippen LogP contribution is -2.50. The van der Waals surface area contributed by atoms with Crippen molar-refractivity contribution >= 4 is 17.5 Å². The third-order valence-corrected chi connectivity index (χ3v) is 3.70. The first-order valence-corrected chi connectivity index (χ1v) is 6.23. The van der Waals surface area contributed by atoms with Gasteiger partial charge in [0.2, 0.25) is 0 Å². The van der Waals surface area contributed by atoms with Gasteiger partial charge in [0.05, 0.1) is 5.02 Å². The number of nitrogens with zero attached hydrogens (tertiary/aromatic N) is 2. The first kappa shape index (κ1) is 12.5. The van der Waals surface area contributed by atoms with Gasteiger partial charge < -0.3 is 15.2 Å². The first-order chi connectivity index (χ1) is 7.99. The van der Waals surface area contributed by atoms with Crippen LogP contribution in [0.2, 0.25) is 5.02 Å². The molecular weight excluding hydrogens is 238 g/mol. The quantitative estimate of drug-likeness (QED) is 0.827. The molecule has 2 unspecified atom stereocenters.